The zero-order valence-corrected chi connectivity index (χ0v) is 9.54. The number of thiocarbonyl (C=S) groups is 1. The SMILES string of the molecule is NC(=S)CS(=O)(=O)Nc1ccc(F)cc1F. The normalized spacial score (nSPS) is 11.1. The van der Waals surface area contributed by atoms with Crippen LogP contribution in [0.1, 0.15) is 0 Å². The number of nitrogens with two attached hydrogens (primary N) is 1. The minimum atomic E-state index is -3.85. The van der Waals surface area contributed by atoms with E-state index in [0.29, 0.717) is 6.07 Å². The highest BCUT2D eigenvalue weighted by Gasteiger charge is 2.14. The largest absolute Gasteiger partial charge is 0.392 e. The highest BCUT2D eigenvalue weighted by molar-refractivity contribution is 7.95. The molecule has 0 heterocycles. The van der Waals surface area contributed by atoms with Gasteiger partial charge in [0, 0.05) is 6.07 Å². The Labute approximate surface area is 96.5 Å². The average Bonchev–Trinajstić information content (AvgIpc) is 2.07. The molecule has 0 amide bonds. The highest BCUT2D eigenvalue weighted by Crippen LogP contribution is 2.16. The molecule has 16 heavy (non-hydrogen) atoms. The Morgan fingerprint density at radius 2 is 2.06 bits per heavy atom. The molecule has 0 unspecified atom stereocenters. The molecule has 0 spiro atoms. The molecule has 0 atom stereocenters. The third-order valence-corrected chi connectivity index (χ3v) is 3.08. The Kier molecular flexibility index (Phi) is 3.76. The van der Waals surface area contributed by atoms with Gasteiger partial charge in [0.25, 0.3) is 0 Å². The van der Waals surface area contributed by atoms with Crippen molar-refractivity contribution in [2.45, 2.75) is 0 Å². The van der Waals surface area contributed by atoms with Crippen LogP contribution in [0.4, 0.5) is 14.5 Å². The van der Waals surface area contributed by atoms with Crippen LogP contribution in [0.3, 0.4) is 0 Å². The Bertz CT molecular complexity index is 517. The quantitative estimate of drug-likeness (QED) is 0.797. The zero-order valence-electron chi connectivity index (χ0n) is 7.91. The molecule has 0 bridgehead atoms. The van der Waals surface area contributed by atoms with Crippen molar-refractivity contribution in [3.63, 3.8) is 0 Å². The first-order valence-corrected chi connectivity index (χ1v) is 6.10. The van der Waals surface area contributed by atoms with Gasteiger partial charge >= 0.3 is 0 Å². The average molecular weight is 266 g/mol. The van der Waals surface area contributed by atoms with E-state index in [0.717, 1.165) is 12.1 Å². The molecule has 0 saturated heterocycles. The molecule has 0 aliphatic carbocycles. The van der Waals surface area contributed by atoms with Gasteiger partial charge in [-0.3, -0.25) is 4.72 Å². The minimum Gasteiger partial charge on any atom is -0.392 e. The van der Waals surface area contributed by atoms with E-state index in [1.165, 1.54) is 0 Å². The predicted octanol–water partition coefficient (Wildman–Crippen LogP) is 0.993. The van der Waals surface area contributed by atoms with Crippen molar-refractivity contribution in [2.75, 3.05) is 10.5 Å². The van der Waals surface area contributed by atoms with Gasteiger partial charge in [-0.2, -0.15) is 0 Å². The first-order chi connectivity index (χ1) is 7.30. The van der Waals surface area contributed by atoms with E-state index in [9.17, 15) is 17.2 Å². The van der Waals surface area contributed by atoms with E-state index in [1.807, 2.05) is 4.72 Å². The summed E-state index contributed by atoms with van der Waals surface area (Å²) in [5, 5.41) is 0. The summed E-state index contributed by atoms with van der Waals surface area (Å²) in [6.45, 7) is 0. The lowest BCUT2D eigenvalue weighted by Gasteiger charge is -2.07. The highest BCUT2D eigenvalue weighted by atomic mass is 32.2. The predicted molar refractivity (Wildman–Crippen MR) is 60.6 cm³/mol. The Morgan fingerprint density at radius 1 is 1.44 bits per heavy atom. The van der Waals surface area contributed by atoms with Crippen molar-refractivity contribution < 1.29 is 17.2 Å². The van der Waals surface area contributed by atoms with Crippen LogP contribution < -0.4 is 10.5 Å². The van der Waals surface area contributed by atoms with Crippen LogP contribution in [0.5, 0.6) is 0 Å². The van der Waals surface area contributed by atoms with Crippen LogP contribution in [0.15, 0.2) is 18.2 Å². The van der Waals surface area contributed by atoms with E-state index in [1.54, 1.807) is 0 Å². The molecular weight excluding hydrogens is 258 g/mol. The lowest BCUT2D eigenvalue weighted by atomic mass is 10.3. The third kappa shape index (κ3) is 3.70. The molecule has 0 aliphatic heterocycles. The molecule has 4 nitrogen and oxygen atoms in total. The number of sulfonamides is 1. The Hall–Kier alpha value is -1.28. The van der Waals surface area contributed by atoms with Gasteiger partial charge < -0.3 is 5.73 Å². The molecular formula is C8H8F2N2O2S2. The Balaban J connectivity index is 2.92. The number of rotatable bonds is 4. The van der Waals surface area contributed by atoms with Crippen molar-refractivity contribution in [3.8, 4) is 0 Å². The first kappa shape index (κ1) is 12.8. The topological polar surface area (TPSA) is 72.2 Å². The van der Waals surface area contributed by atoms with Crippen LogP contribution in [0.25, 0.3) is 0 Å². The van der Waals surface area contributed by atoms with Crippen molar-refractivity contribution in [1.82, 2.24) is 0 Å². The van der Waals surface area contributed by atoms with Gasteiger partial charge in [-0.15, -0.1) is 0 Å². The fraction of sp³-hybridized carbons (Fsp3) is 0.125. The standard InChI is InChI=1S/C8H8F2N2O2S2/c9-5-1-2-7(6(10)3-5)12-16(13,14)4-8(11)15/h1-3,12H,4H2,(H2,11,15). The van der Waals surface area contributed by atoms with E-state index in [2.05, 4.69) is 12.2 Å². The molecule has 0 aliphatic rings. The number of benzene rings is 1. The first-order valence-electron chi connectivity index (χ1n) is 4.04. The summed E-state index contributed by atoms with van der Waals surface area (Å²) >= 11 is 4.42. The van der Waals surface area contributed by atoms with Gasteiger partial charge in [-0.1, -0.05) is 12.2 Å². The molecule has 0 aromatic heterocycles. The second-order valence-corrected chi connectivity index (χ2v) is 5.20. The lowest BCUT2D eigenvalue weighted by Crippen LogP contribution is -2.26. The number of anilines is 1. The van der Waals surface area contributed by atoms with Crippen LogP contribution in [0, 0.1) is 11.6 Å². The summed E-state index contributed by atoms with van der Waals surface area (Å²) < 4.78 is 50.1. The zero-order chi connectivity index (χ0) is 12.3. The van der Waals surface area contributed by atoms with Gasteiger partial charge in [-0.25, -0.2) is 17.2 Å². The molecule has 1 aromatic rings. The van der Waals surface area contributed by atoms with Gasteiger partial charge in [0.2, 0.25) is 10.0 Å². The van der Waals surface area contributed by atoms with Crippen molar-refractivity contribution in [1.29, 1.82) is 0 Å². The molecule has 88 valence electrons. The summed E-state index contributed by atoms with van der Waals surface area (Å²) in [6, 6.07) is 2.47. The molecule has 8 heteroatoms. The van der Waals surface area contributed by atoms with Gasteiger partial charge in [0.1, 0.15) is 17.4 Å². The third-order valence-electron chi connectivity index (χ3n) is 1.53. The van der Waals surface area contributed by atoms with Crippen LogP contribution in [-0.2, 0) is 10.0 Å². The van der Waals surface area contributed by atoms with E-state index in [4.69, 9.17) is 5.73 Å². The van der Waals surface area contributed by atoms with E-state index < -0.39 is 27.4 Å². The van der Waals surface area contributed by atoms with Crippen LogP contribution >= 0.6 is 12.2 Å². The molecule has 3 N–H and O–H groups in total. The van der Waals surface area contributed by atoms with Crippen molar-refractivity contribution >= 4 is 32.9 Å². The summed E-state index contributed by atoms with van der Waals surface area (Å²) in [5.41, 5.74) is 4.70. The molecule has 1 rings (SSSR count). The molecule has 0 saturated carbocycles. The maximum absolute atomic E-state index is 13.1. The molecule has 0 radical (unpaired) electrons. The maximum Gasteiger partial charge on any atom is 0.239 e. The summed E-state index contributed by atoms with van der Waals surface area (Å²) in [5.74, 6) is -2.40. The lowest BCUT2D eigenvalue weighted by molar-refractivity contribution is 0.583. The van der Waals surface area contributed by atoms with Crippen LogP contribution in [-0.4, -0.2) is 19.2 Å². The van der Waals surface area contributed by atoms with Gasteiger partial charge in [-0.05, 0) is 12.1 Å². The van der Waals surface area contributed by atoms with Crippen molar-refractivity contribution in [3.05, 3.63) is 29.8 Å². The molecule has 0 fully saturated rings. The number of nitrogens with one attached hydrogen (secondary N) is 1. The van der Waals surface area contributed by atoms with Gasteiger partial charge in [0.15, 0.2) is 0 Å². The fourth-order valence-electron chi connectivity index (χ4n) is 0.963. The number of hydrogen-bond donors (Lipinski definition) is 2. The molecule has 1 aromatic carbocycles. The second kappa shape index (κ2) is 4.71. The van der Waals surface area contributed by atoms with Crippen LogP contribution in [0.2, 0.25) is 0 Å². The summed E-state index contributed by atoms with van der Waals surface area (Å²) in [6.07, 6.45) is 0. The second-order valence-electron chi connectivity index (χ2n) is 2.95. The monoisotopic (exact) mass is 266 g/mol. The van der Waals surface area contributed by atoms with Crippen molar-refractivity contribution in [2.24, 2.45) is 5.73 Å². The number of hydrogen-bond acceptors (Lipinski definition) is 3. The minimum absolute atomic E-state index is 0.241. The van der Waals surface area contributed by atoms with Gasteiger partial charge in [0.05, 0.1) is 10.7 Å². The Morgan fingerprint density at radius 3 is 2.56 bits per heavy atom. The summed E-state index contributed by atoms with van der Waals surface area (Å²) in [7, 11) is -3.85. The van der Waals surface area contributed by atoms with E-state index in [-0.39, 0.29) is 10.7 Å². The van der Waals surface area contributed by atoms with E-state index >= 15 is 0 Å². The smallest absolute Gasteiger partial charge is 0.239 e. The fourth-order valence-corrected chi connectivity index (χ4v) is 2.38. The summed E-state index contributed by atoms with van der Waals surface area (Å²) in [4.78, 5) is -0.241. The number of halogens is 2. The maximum atomic E-state index is 13.1.